The first kappa shape index (κ1) is 13.8. The predicted molar refractivity (Wildman–Crippen MR) is 68.6 cm³/mol. The lowest BCUT2D eigenvalue weighted by atomic mass is 10.2. The number of piperazine rings is 1. The Morgan fingerprint density at radius 3 is 2.22 bits per heavy atom. The maximum absolute atomic E-state index is 11.9. The fourth-order valence-electron chi connectivity index (χ4n) is 2.14. The highest BCUT2D eigenvalue weighted by Gasteiger charge is 2.31. The molecular formula is C11H21N3O3S. The Hall–Kier alpha value is -0.660. The summed E-state index contributed by atoms with van der Waals surface area (Å²) in [6.07, 6.45) is 3.40. The topological polar surface area (TPSA) is 69.7 Å². The summed E-state index contributed by atoms with van der Waals surface area (Å²) in [6.45, 7) is 4.06. The standard InChI is InChI=1S/C11H21N3O3S/c1-9(11(15)12-10-3-4-10)13-5-7-14(8-6-13)18(2,16)17/h9-10H,3-8H2,1-2H3,(H,12,15)/t9-/m0/s1. The summed E-state index contributed by atoms with van der Waals surface area (Å²) in [7, 11) is -3.10. The van der Waals surface area contributed by atoms with Gasteiger partial charge in [0, 0.05) is 32.2 Å². The third-order valence-electron chi connectivity index (χ3n) is 3.59. The van der Waals surface area contributed by atoms with Gasteiger partial charge in [-0.15, -0.1) is 0 Å². The summed E-state index contributed by atoms with van der Waals surface area (Å²) in [6, 6.07) is 0.199. The number of carbonyl (C=O) groups excluding carboxylic acids is 1. The third kappa shape index (κ3) is 3.43. The molecule has 0 spiro atoms. The van der Waals surface area contributed by atoms with Gasteiger partial charge in [0.05, 0.1) is 12.3 Å². The highest BCUT2D eigenvalue weighted by atomic mass is 32.2. The molecule has 0 aromatic rings. The summed E-state index contributed by atoms with van der Waals surface area (Å²) < 4.78 is 24.2. The number of amides is 1. The van der Waals surface area contributed by atoms with E-state index < -0.39 is 10.0 Å². The van der Waals surface area contributed by atoms with Crippen molar-refractivity contribution in [3.05, 3.63) is 0 Å². The predicted octanol–water partition coefficient (Wildman–Crippen LogP) is -0.769. The Morgan fingerprint density at radius 2 is 1.78 bits per heavy atom. The molecule has 0 aromatic carbocycles. The molecule has 1 aliphatic heterocycles. The van der Waals surface area contributed by atoms with Crippen molar-refractivity contribution in [2.24, 2.45) is 0 Å². The average Bonchev–Trinajstić information content (AvgIpc) is 3.11. The Balaban J connectivity index is 1.83. The van der Waals surface area contributed by atoms with Crippen molar-refractivity contribution in [3.8, 4) is 0 Å². The Kier molecular flexibility index (Phi) is 3.93. The minimum atomic E-state index is -3.10. The Labute approximate surface area is 108 Å². The number of rotatable bonds is 4. The Bertz CT molecular complexity index is 411. The smallest absolute Gasteiger partial charge is 0.237 e. The summed E-state index contributed by atoms with van der Waals surface area (Å²) in [5.41, 5.74) is 0. The number of sulfonamides is 1. The summed E-state index contributed by atoms with van der Waals surface area (Å²) in [5, 5.41) is 2.98. The van der Waals surface area contributed by atoms with Gasteiger partial charge in [-0.3, -0.25) is 9.69 Å². The summed E-state index contributed by atoms with van der Waals surface area (Å²) in [5.74, 6) is 0.0605. The van der Waals surface area contributed by atoms with Gasteiger partial charge in [0.2, 0.25) is 15.9 Å². The SMILES string of the molecule is C[C@@H](C(=O)NC1CC1)N1CCN(S(C)(=O)=O)CC1. The third-order valence-corrected chi connectivity index (χ3v) is 4.90. The Morgan fingerprint density at radius 1 is 1.22 bits per heavy atom. The van der Waals surface area contributed by atoms with Crippen LogP contribution in [0.2, 0.25) is 0 Å². The van der Waals surface area contributed by atoms with Crippen molar-refractivity contribution in [1.29, 1.82) is 0 Å². The van der Waals surface area contributed by atoms with Crippen molar-refractivity contribution < 1.29 is 13.2 Å². The van der Waals surface area contributed by atoms with Crippen molar-refractivity contribution in [2.75, 3.05) is 32.4 Å². The molecule has 7 heteroatoms. The van der Waals surface area contributed by atoms with Crippen LogP contribution in [-0.2, 0) is 14.8 Å². The molecule has 1 atom stereocenters. The molecule has 2 fully saturated rings. The van der Waals surface area contributed by atoms with Gasteiger partial charge in [-0.25, -0.2) is 8.42 Å². The average molecular weight is 275 g/mol. The first-order valence-corrected chi connectivity index (χ1v) is 8.22. The van der Waals surface area contributed by atoms with Gasteiger partial charge in [-0.05, 0) is 19.8 Å². The zero-order chi connectivity index (χ0) is 13.3. The van der Waals surface area contributed by atoms with Crippen LogP contribution < -0.4 is 5.32 Å². The number of carbonyl (C=O) groups is 1. The van der Waals surface area contributed by atoms with Crippen molar-refractivity contribution in [1.82, 2.24) is 14.5 Å². The first-order chi connectivity index (χ1) is 8.38. The molecule has 2 rings (SSSR count). The lowest BCUT2D eigenvalue weighted by molar-refractivity contribution is -0.126. The molecule has 1 amide bonds. The normalized spacial score (nSPS) is 24.8. The van der Waals surface area contributed by atoms with Crippen LogP contribution in [0.15, 0.2) is 0 Å². The molecule has 18 heavy (non-hydrogen) atoms. The molecule has 0 unspecified atom stereocenters. The number of hydrogen-bond acceptors (Lipinski definition) is 4. The van der Waals surface area contributed by atoms with E-state index in [1.165, 1.54) is 10.6 Å². The van der Waals surface area contributed by atoms with E-state index in [1.54, 1.807) is 0 Å². The van der Waals surface area contributed by atoms with Crippen molar-refractivity contribution >= 4 is 15.9 Å². The lowest BCUT2D eigenvalue weighted by Gasteiger charge is -2.36. The zero-order valence-electron chi connectivity index (χ0n) is 10.9. The molecule has 1 heterocycles. The van der Waals surface area contributed by atoms with Crippen LogP contribution >= 0.6 is 0 Å². The number of nitrogens with one attached hydrogen (secondary N) is 1. The van der Waals surface area contributed by atoms with Crippen LogP contribution in [0.25, 0.3) is 0 Å². The van der Waals surface area contributed by atoms with E-state index >= 15 is 0 Å². The molecule has 1 aliphatic carbocycles. The lowest BCUT2D eigenvalue weighted by Crippen LogP contribution is -2.54. The largest absolute Gasteiger partial charge is 0.352 e. The van der Waals surface area contributed by atoms with Crippen LogP contribution in [0.4, 0.5) is 0 Å². The summed E-state index contributed by atoms with van der Waals surface area (Å²) in [4.78, 5) is 13.9. The number of hydrogen-bond donors (Lipinski definition) is 1. The molecule has 104 valence electrons. The van der Waals surface area contributed by atoms with Gasteiger partial charge in [0.25, 0.3) is 0 Å². The van der Waals surface area contributed by atoms with E-state index in [4.69, 9.17) is 0 Å². The molecule has 0 bridgehead atoms. The molecule has 6 nitrogen and oxygen atoms in total. The molecule has 0 radical (unpaired) electrons. The second-order valence-corrected chi connectivity index (χ2v) is 7.14. The molecule has 0 aromatic heterocycles. The fourth-order valence-corrected chi connectivity index (χ4v) is 2.96. The van der Waals surface area contributed by atoms with Gasteiger partial charge >= 0.3 is 0 Å². The second kappa shape index (κ2) is 5.14. The highest BCUT2D eigenvalue weighted by Crippen LogP contribution is 2.19. The van der Waals surface area contributed by atoms with E-state index in [9.17, 15) is 13.2 Å². The van der Waals surface area contributed by atoms with Gasteiger partial charge in [-0.1, -0.05) is 0 Å². The van der Waals surface area contributed by atoms with Crippen LogP contribution in [0.3, 0.4) is 0 Å². The molecule has 2 aliphatic rings. The zero-order valence-corrected chi connectivity index (χ0v) is 11.7. The van der Waals surface area contributed by atoms with E-state index in [2.05, 4.69) is 5.32 Å². The molecule has 1 saturated carbocycles. The fraction of sp³-hybridized carbons (Fsp3) is 0.909. The highest BCUT2D eigenvalue weighted by molar-refractivity contribution is 7.88. The van der Waals surface area contributed by atoms with Gasteiger partial charge in [0.1, 0.15) is 0 Å². The van der Waals surface area contributed by atoms with E-state index in [0.29, 0.717) is 32.2 Å². The molecule has 1 N–H and O–H groups in total. The first-order valence-electron chi connectivity index (χ1n) is 6.37. The van der Waals surface area contributed by atoms with E-state index in [1.807, 2.05) is 11.8 Å². The molecule has 1 saturated heterocycles. The summed E-state index contributed by atoms with van der Waals surface area (Å²) >= 11 is 0. The van der Waals surface area contributed by atoms with Crippen LogP contribution in [-0.4, -0.2) is 68.0 Å². The van der Waals surface area contributed by atoms with Crippen molar-refractivity contribution in [3.63, 3.8) is 0 Å². The van der Waals surface area contributed by atoms with Gasteiger partial charge in [0.15, 0.2) is 0 Å². The van der Waals surface area contributed by atoms with Crippen LogP contribution in [0.1, 0.15) is 19.8 Å². The monoisotopic (exact) mass is 275 g/mol. The van der Waals surface area contributed by atoms with Crippen molar-refractivity contribution in [2.45, 2.75) is 31.8 Å². The van der Waals surface area contributed by atoms with E-state index in [-0.39, 0.29) is 11.9 Å². The van der Waals surface area contributed by atoms with E-state index in [0.717, 1.165) is 12.8 Å². The van der Waals surface area contributed by atoms with Crippen LogP contribution in [0, 0.1) is 0 Å². The maximum Gasteiger partial charge on any atom is 0.237 e. The van der Waals surface area contributed by atoms with Gasteiger partial charge < -0.3 is 5.32 Å². The maximum atomic E-state index is 11.9. The second-order valence-electron chi connectivity index (χ2n) is 5.16. The van der Waals surface area contributed by atoms with Gasteiger partial charge in [-0.2, -0.15) is 4.31 Å². The quantitative estimate of drug-likeness (QED) is 0.731. The minimum Gasteiger partial charge on any atom is -0.352 e. The molecular weight excluding hydrogens is 254 g/mol. The number of nitrogens with zero attached hydrogens (tertiary/aromatic N) is 2. The van der Waals surface area contributed by atoms with Crippen LogP contribution in [0.5, 0.6) is 0 Å². The minimum absolute atomic E-state index is 0.0605.